The number of fused-ring (bicyclic) bond motifs is 1. The molecule has 0 saturated carbocycles. The van der Waals surface area contributed by atoms with Gasteiger partial charge in [-0.1, -0.05) is 23.7 Å². The predicted octanol–water partition coefficient (Wildman–Crippen LogP) is 4.28. The molecule has 3 rings (SSSR count). The monoisotopic (exact) mass is 363 g/mol. The van der Waals surface area contributed by atoms with Gasteiger partial charge in [-0.2, -0.15) is 0 Å². The van der Waals surface area contributed by atoms with E-state index in [1.807, 2.05) is 30.3 Å². The first-order chi connectivity index (χ1) is 11.7. The van der Waals surface area contributed by atoms with E-state index >= 15 is 0 Å². The highest BCUT2D eigenvalue weighted by molar-refractivity contribution is 7.16. The number of nitrogens with zero attached hydrogens (tertiary/aromatic N) is 1. The average Bonchev–Trinajstić information content (AvgIpc) is 3.20. The van der Waals surface area contributed by atoms with Gasteiger partial charge in [0, 0.05) is 17.8 Å². The van der Waals surface area contributed by atoms with Gasteiger partial charge in [-0.3, -0.25) is 4.79 Å². The van der Waals surface area contributed by atoms with Crippen molar-refractivity contribution in [1.29, 1.82) is 0 Å². The fraction of sp³-hybridized carbons (Fsp3) is 0.278. The van der Waals surface area contributed by atoms with Gasteiger partial charge in [-0.15, -0.1) is 17.9 Å². The Morgan fingerprint density at radius 1 is 1.29 bits per heavy atom. The standard InChI is InChI=1S/C18H18ClNO3S/c1-2-9-20(11-14-5-7-17(19)24-14)18(21)8-4-13-3-6-15-16(10-13)23-12-22-15/h2-3,5-7,10H,1,4,8-9,11-12H2. The Kier molecular flexibility index (Phi) is 5.43. The third-order valence-electron chi connectivity index (χ3n) is 3.74. The fourth-order valence-corrected chi connectivity index (χ4v) is 3.64. The van der Waals surface area contributed by atoms with E-state index in [-0.39, 0.29) is 12.7 Å². The van der Waals surface area contributed by atoms with Crippen LogP contribution in [0.15, 0.2) is 43.0 Å². The number of carbonyl (C=O) groups excluding carboxylic acids is 1. The number of hydrogen-bond acceptors (Lipinski definition) is 4. The molecule has 0 spiro atoms. The normalized spacial score (nSPS) is 12.2. The molecule has 0 radical (unpaired) electrons. The maximum atomic E-state index is 12.5. The van der Waals surface area contributed by atoms with E-state index in [9.17, 15) is 4.79 Å². The van der Waals surface area contributed by atoms with Crippen molar-refractivity contribution in [3.05, 3.63) is 57.8 Å². The largest absolute Gasteiger partial charge is 0.454 e. The summed E-state index contributed by atoms with van der Waals surface area (Å²) in [4.78, 5) is 15.4. The van der Waals surface area contributed by atoms with Gasteiger partial charge in [0.25, 0.3) is 0 Å². The van der Waals surface area contributed by atoms with Crippen molar-refractivity contribution in [1.82, 2.24) is 4.90 Å². The van der Waals surface area contributed by atoms with E-state index in [1.165, 1.54) is 11.3 Å². The van der Waals surface area contributed by atoms with Crippen LogP contribution in [-0.2, 0) is 17.8 Å². The van der Waals surface area contributed by atoms with Crippen molar-refractivity contribution in [3.8, 4) is 11.5 Å². The molecule has 2 heterocycles. The lowest BCUT2D eigenvalue weighted by atomic mass is 10.1. The fourth-order valence-electron chi connectivity index (χ4n) is 2.54. The van der Waals surface area contributed by atoms with Crippen LogP contribution in [0.1, 0.15) is 16.9 Å². The minimum atomic E-state index is 0.0945. The van der Waals surface area contributed by atoms with Crippen LogP contribution in [0.25, 0.3) is 0 Å². The number of rotatable bonds is 7. The summed E-state index contributed by atoms with van der Waals surface area (Å²) in [6.45, 7) is 5.08. The number of carbonyl (C=O) groups is 1. The van der Waals surface area contributed by atoms with E-state index in [0.29, 0.717) is 25.9 Å². The minimum Gasteiger partial charge on any atom is -0.454 e. The summed E-state index contributed by atoms with van der Waals surface area (Å²) >= 11 is 7.46. The van der Waals surface area contributed by atoms with Crippen molar-refractivity contribution < 1.29 is 14.3 Å². The lowest BCUT2D eigenvalue weighted by Gasteiger charge is -2.20. The number of thiophene rings is 1. The Hall–Kier alpha value is -1.98. The maximum absolute atomic E-state index is 12.5. The molecule has 2 aromatic rings. The SMILES string of the molecule is C=CCN(Cc1ccc(Cl)s1)C(=O)CCc1ccc2c(c1)OCO2. The molecule has 0 saturated heterocycles. The van der Waals surface area contributed by atoms with Crippen molar-refractivity contribution in [2.24, 2.45) is 0 Å². The molecule has 1 aromatic carbocycles. The Balaban J connectivity index is 1.59. The van der Waals surface area contributed by atoms with Crippen LogP contribution in [0.3, 0.4) is 0 Å². The van der Waals surface area contributed by atoms with Crippen molar-refractivity contribution in [3.63, 3.8) is 0 Å². The molecule has 1 aliphatic rings. The molecule has 0 unspecified atom stereocenters. The van der Waals surface area contributed by atoms with E-state index in [4.69, 9.17) is 21.1 Å². The van der Waals surface area contributed by atoms with Gasteiger partial charge in [-0.25, -0.2) is 0 Å². The summed E-state index contributed by atoms with van der Waals surface area (Å²) < 4.78 is 11.4. The molecule has 1 aliphatic heterocycles. The van der Waals surface area contributed by atoms with Crippen LogP contribution < -0.4 is 9.47 Å². The molecule has 0 atom stereocenters. The summed E-state index contributed by atoms with van der Waals surface area (Å²) in [7, 11) is 0. The number of aryl methyl sites for hydroxylation is 1. The van der Waals surface area contributed by atoms with Crippen LogP contribution >= 0.6 is 22.9 Å². The van der Waals surface area contributed by atoms with Crippen LogP contribution in [0.4, 0.5) is 0 Å². The highest BCUT2D eigenvalue weighted by atomic mass is 35.5. The van der Waals surface area contributed by atoms with Gasteiger partial charge < -0.3 is 14.4 Å². The van der Waals surface area contributed by atoms with E-state index in [1.54, 1.807) is 11.0 Å². The number of halogens is 1. The summed E-state index contributed by atoms with van der Waals surface area (Å²) in [6, 6.07) is 9.60. The number of amides is 1. The van der Waals surface area contributed by atoms with Crippen LogP contribution in [0, 0.1) is 0 Å². The van der Waals surface area contributed by atoms with Crippen molar-refractivity contribution in [2.45, 2.75) is 19.4 Å². The molecule has 0 N–H and O–H groups in total. The average molecular weight is 364 g/mol. The van der Waals surface area contributed by atoms with E-state index < -0.39 is 0 Å². The molecule has 4 nitrogen and oxygen atoms in total. The molecule has 6 heteroatoms. The topological polar surface area (TPSA) is 38.8 Å². The highest BCUT2D eigenvalue weighted by Crippen LogP contribution is 2.32. The number of benzene rings is 1. The lowest BCUT2D eigenvalue weighted by Crippen LogP contribution is -2.30. The molecule has 1 amide bonds. The summed E-state index contributed by atoms with van der Waals surface area (Å²) in [5.74, 6) is 1.60. The zero-order valence-corrected chi connectivity index (χ0v) is 14.7. The first kappa shape index (κ1) is 16.9. The molecular weight excluding hydrogens is 346 g/mol. The molecular formula is C18H18ClNO3S. The molecule has 0 bridgehead atoms. The van der Waals surface area contributed by atoms with Crippen LogP contribution in [-0.4, -0.2) is 24.1 Å². The van der Waals surface area contributed by atoms with E-state index in [0.717, 1.165) is 26.3 Å². The van der Waals surface area contributed by atoms with Crippen LogP contribution in [0.2, 0.25) is 4.34 Å². The zero-order chi connectivity index (χ0) is 16.9. The van der Waals surface area contributed by atoms with Gasteiger partial charge in [0.2, 0.25) is 12.7 Å². The Labute approximate surface area is 150 Å². The van der Waals surface area contributed by atoms with Gasteiger partial charge in [0.1, 0.15) is 0 Å². The summed E-state index contributed by atoms with van der Waals surface area (Å²) in [5.41, 5.74) is 1.06. The quantitative estimate of drug-likeness (QED) is 0.689. The van der Waals surface area contributed by atoms with Gasteiger partial charge >= 0.3 is 0 Å². The van der Waals surface area contributed by atoms with Gasteiger partial charge in [0.15, 0.2) is 11.5 Å². The molecule has 0 aliphatic carbocycles. The maximum Gasteiger partial charge on any atom is 0.231 e. The second-order valence-electron chi connectivity index (χ2n) is 5.46. The Bertz CT molecular complexity index is 744. The minimum absolute atomic E-state index is 0.0945. The molecule has 1 aromatic heterocycles. The van der Waals surface area contributed by atoms with Crippen LogP contribution in [0.5, 0.6) is 11.5 Å². The first-order valence-electron chi connectivity index (χ1n) is 7.67. The van der Waals surface area contributed by atoms with Crippen molar-refractivity contribution in [2.75, 3.05) is 13.3 Å². The second kappa shape index (κ2) is 7.73. The summed E-state index contributed by atoms with van der Waals surface area (Å²) in [5, 5.41) is 0. The third kappa shape index (κ3) is 4.10. The highest BCUT2D eigenvalue weighted by Gasteiger charge is 2.16. The Morgan fingerprint density at radius 2 is 2.12 bits per heavy atom. The molecule has 126 valence electrons. The van der Waals surface area contributed by atoms with Crippen molar-refractivity contribution >= 4 is 28.8 Å². The molecule has 0 fully saturated rings. The number of hydrogen-bond donors (Lipinski definition) is 0. The predicted molar refractivity (Wildman–Crippen MR) is 95.8 cm³/mol. The second-order valence-corrected chi connectivity index (χ2v) is 7.26. The smallest absolute Gasteiger partial charge is 0.231 e. The first-order valence-corrected chi connectivity index (χ1v) is 8.86. The summed E-state index contributed by atoms with van der Waals surface area (Å²) in [6.07, 6.45) is 2.84. The van der Waals surface area contributed by atoms with E-state index in [2.05, 4.69) is 6.58 Å². The zero-order valence-electron chi connectivity index (χ0n) is 13.2. The third-order valence-corrected chi connectivity index (χ3v) is 4.96. The Morgan fingerprint density at radius 3 is 2.88 bits per heavy atom. The van der Waals surface area contributed by atoms with Gasteiger partial charge in [-0.05, 0) is 36.2 Å². The molecule has 24 heavy (non-hydrogen) atoms. The number of ether oxygens (including phenoxy) is 2. The lowest BCUT2D eigenvalue weighted by molar-refractivity contribution is -0.131. The van der Waals surface area contributed by atoms with Gasteiger partial charge in [0.05, 0.1) is 10.9 Å².